The lowest BCUT2D eigenvalue weighted by atomic mass is 10.4. The number of carbonyl (C=O) groups excluding carboxylic acids is 1. The molecule has 1 rings (SSSR count). The molecule has 0 saturated carbocycles. The van der Waals surface area contributed by atoms with Crippen LogP contribution in [0.4, 0.5) is 0 Å². The standard InChI is InChI=1S/C7H10NO/c1-2-7(9)8-5-3-4-6-8/h1,3-6H2. The molecule has 1 amide bonds. The highest BCUT2D eigenvalue weighted by molar-refractivity contribution is 5.83. The molecule has 0 spiro atoms. The smallest absolute Gasteiger partial charge is 0.254 e. The van der Waals surface area contributed by atoms with Crippen LogP contribution in [-0.4, -0.2) is 23.9 Å². The van der Waals surface area contributed by atoms with Gasteiger partial charge in [-0.15, -0.1) is 0 Å². The van der Waals surface area contributed by atoms with Gasteiger partial charge in [0.05, 0.1) is 0 Å². The van der Waals surface area contributed by atoms with Crippen LogP contribution in [0.15, 0.2) is 6.58 Å². The maximum Gasteiger partial charge on any atom is 0.254 e. The van der Waals surface area contributed by atoms with Crippen molar-refractivity contribution < 1.29 is 4.79 Å². The Morgan fingerprint density at radius 3 is 2.44 bits per heavy atom. The van der Waals surface area contributed by atoms with Gasteiger partial charge >= 0.3 is 0 Å². The van der Waals surface area contributed by atoms with Gasteiger partial charge in [0, 0.05) is 19.2 Å². The molecule has 49 valence electrons. The molecular formula is C7H10NO. The molecule has 0 atom stereocenters. The Morgan fingerprint density at radius 1 is 1.44 bits per heavy atom. The van der Waals surface area contributed by atoms with Gasteiger partial charge in [-0.25, -0.2) is 0 Å². The molecule has 1 aliphatic rings. The summed E-state index contributed by atoms with van der Waals surface area (Å²) in [6, 6.07) is 0. The molecule has 1 radical (unpaired) electrons. The van der Waals surface area contributed by atoms with E-state index in [1.165, 1.54) is 0 Å². The summed E-state index contributed by atoms with van der Waals surface area (Å²) in [5.74, 6) is -0.0486. The monoisotopic (exact) mass is 124 g/mol. The topological polar surface area (TPSA) is 20.3 Å². The third-order valence-electron chi connectivity index (χ3n) is 1.54. The molecule has 1 heterocycles. The summed E-state index contributed by atoms with van der Waals surface area (Å²) in [5.41, 5.74) is 0. The second-order valence-electron chi connectivity index (χ2n) is 2.18. The minimum atomic E-state index is -0.0486. The van der Waals surface area contributed by atoms with E-state index in [0.29, 0.717) is 0 Å². The van der Waals surface area contributed by atoms with E-state index in [1.807, 2.05) is 0 Å². The molecule has 0 unspecified atom stereocenters. The van der Waals surface area contributed by atoms with E-state index < -0.39 is 0 Å². The van der Waals surface area contributed by atoms with E-state index in [9.17, 15) is 4.79 Å². The zero-order valence-corrected chi connectivity index (χ0v) is 5.39. The van der Waals surface area contributed by atoms with Crippen molar-refractivity contribution in [2.75, 3.05) is 13.1 Å². The zero-order valence-electron chi connectivity index (χ0n) is 5.39. The Morgan fingerprint density at radius 2 is 2.00 bits per heavy atom. The molecule has 1 saturated heterocycles. The highest BCUT2D eigenvalue weighted by atomic mass is 16.2. The molecule has 2 heteroatoms. The Hall–Kier alpha value is -0.790. The highest BCUT2D eigenvalue weighted by Gasteiger charge is 2.14. The van der Waals surface area contributed by atoms with E-state index in [-0.39, 0.29) is 5.91 Å². The van der Waals surface area contributed by atoms with Gasteiger partial charge < -0.3 is 4.90 Å². The van der Waals surface area contributed by atoms with Crippen molar-refractivity contribution in [2.24, 2.45) is 0 Å². The van der Waals surface area contributed by atoms with E-state index in [2.05, 4.69) is 12.7 Å². The lowest BCUT2D eigenvalue weighted by molar-refractivity contribution is -0.125. The molecule has 9 heavy (non-hydrogen) atoms. The number of amides is 1. The van der Waals surface area contributed by atoms with Gasteiger partial charge in [-0.05, 0) is 12.8 Å². The van der Waals surface area contributed by atoms with Gasteiger partial charge in [0.15, 0.2) is 0 Å². The van der Waals surface area contributed by atoms with E-state index in [4.69, 9.17) is 0 Å². The van der Waals surface area contributed by atoms with Gasteiger partial charge in [0.1, 0.15) is 0 Å². The van der Waals surface area contributed by atoms with Crippen LogP contribution in [0.1, 0.15) is 12.8 Å². The van der Waals surface area contributed by atoms with Crippen LogP contribution in [-0.2, 0) is 4.79 Å². The predicted octanol–water partition coefficient (Wildman–Crippen LogP) is 0.598. The summed E-state index contributed by atoms with van der Waals surface area (Å²) in [4.78, 5) is 12.5. The fourth-order valence-corrected chi connectivity index (χ4v) is 1.03. The van der Waals surface area contributed by atoms with Gasteiger partial charge in [-0.1, -0.05) is 6.58 Å². The third kappa shape index (κ3) is 1.31. The van der Waals surface area contributed by atoms with Crippen molar-refractivity contribution in [3.63, 3.8) is 0 Å². The Labute approximate surface area is 55.2 Å². The van der Waals surface area contributed by atoms with Crippen molar-refractivity contribution >= 4 is 5.91 Å². The van der Waals surface area contributed by atoms with Crippen molar-refractivity contribution in [1.82, 2.24) is 4.90 Å². The first-order valence-corrected chi connectivity index (χ1v) is 3.16. The Kier molecular flexibility index (Phi) is 1.88. The van der Waals surface area contributed by atoms with Gasteiger partial charge in [-0.3, -0.25) is 4.79 Å². The van der Waals surface area contributed by atoms with Crippen LogP contribution in [0.2, 0.25) is 0 Å². The number of hydrogen-bond donors (Lipinski definition) is 0. The summed E-state index contributed by atoms with van der Waals surface area (Å²) in [7, 11) is 0. The number of hydrogen-bond acceptors (Lipinski definition) is 1. The van der Waals surface area contributed by atoms with Crippen molar-refractivity contribution in [3.8, 4) is 0 Å². The van der Waals surface area contributed by atoms with Gasteiger partial charge in [-0.2, -0.15) is 0 Å². The van der Waals surface area contributed by atoms with Crippen LogP contribution >= 0.6 is 0 Å². The molecule has 0 bridgehead atoms. The number of nitrogens with zero attached hydrogens (tertiary/aromatic N) is 1. The first kappa shape index (κ1) is 6.33. The zero-order chi connectivity index (χ0) is 6.69. The first-order valence-electron chi connectivity index (χ1n) is 3.16. The first-order chi connectivity index (χ1) is 4.34. The van der Waals surface area contributed by atoms with Crippen LogP contribution in [0.25, 0.3) is 0 Å². The largest absolute Gasteiger partial charge is 0.339 e. The Balaban J connectivity index is 2.41. The quantitative estimate of drug-likeness (QED) is 0.469. The van der Waals surface area contributed by atoms with Crippen molar-refractivity contribution in [1.29, 1.82) is 0 Å². The second kappa shape index (κ2) is 2.67. The number of rotatable bonds is 1. The summed E-state index contributed by atoms with van der Waals surface area (Å²) >= 11 is 0. The molecule has 0 N–H and O–H groups in total. The summed E-state index contributed by atoms with van der Waals surface area (Å²) in [6.07, 6.45) is 4.61. The number of carbonyl (C=O) groups is 1. The van der Waals surface area contributed by atoms with Crippen molar-refractivity contribution in [3.05, 3.63) is 12.7 Å². The van der Waals surface area contributed by atoms with E-state index in [1.54, 1.807) is 4.90 Å². The average Bonchev–Trinajstić information content (AvgIpc) is 2.37. The Bertz CT molecular complexity index is 125. The molecule has 1 fully saturated rings. The predicted molar refractivity (Wildman–Crippen MR) is 34.7 cm³/mol. The lowest BCUT2D eigenvalue weighted by Crippen LogP contribution is -2.25. The third-order valence-corrected chi connectivity index (χ3v) is 1.54. The van der Waals surface area contributed by atoms with Crippen LogP contribution in [0.5, 0.6) is 0 Å². The molecular weight excluding hydrogens is 114 g/mol. The maximum atomic E-state index is 10.8. The maximum absolute atomic E-state index is 10.8. The fraction of sp³-hybridized carbons (Fsp3) is 0.571. The van der Waals surface area contributed by atoms with Crippen LogP contribution in [0, 0.1) is 6.08 Å². The van der Waals surface area contributed by atoms with E-state index in [0.717, 1.165) is 25.9 Å². The molecule has 0 aromatic rings. The summed E-state index contributed by atoms with van der Waals surface area (Å²) in [6.45, 7) is 5.07. The highest BCUT2D eigenvalue weighted by Crippen LogP contribution is 2.06. The van der Waals surface area contributed by atoms with E-state index >= 15 is 0 Å². The molecule has 1 aliphatic heterocycles. The molecule has 0 aromatic carbocycles. The fourth-order valence-electron chi connectivity index (χ4n) is 1.03. The van der Waals surface area contributed by atoms with Crippen LogP contribution < -0.4 is 0 Å². The SMILES string of the molecule is C=[C]C(=O)N1CCCC1. The molecule has 0 aromatic heterocycles. The normalized spacial score (nSPS) is 18.0. The molecule has 2 nitrogen and oxygen atoms in total. The van der Waals surface area contributed by atoms with Gasteiger partial charge in [0.2, 0.25) is 0 Å². The molecule has 0 aliphatic carbocycles. The minimum absolute atomic E-state index is 0.0486. The lowest BCUT2D eigenvalue weighted by Gasteiger charge is -2.10. The van der Waals surface area contributed by atoms with Crippen molar-refractivity contribution in [2.45, 2.75) is 12.8 Å². The summed E-state index contributed by atoms with van der Waals surface area (Å²) < 4.78 is 0. The minimum Gasteiger partial charge on any atom is -0.339 e. The average molecular weight is 124 g/mol. The van der Waals surface area contributed by atoms with Crippen LogP contribution in [0.3, 0.4) is 0 Å². The van der Waals surface area contributed by atoms with Gasteiger partial charge in [0.25, 0.3) is 5.91 Å². The second-order valence-corrected chi connectivity index (χ2v) is 2.18. The number of likely N-dealkylation sites (tertiary alicyclic amines) is 1. The summed E-state index contributed by atoms with van der Waals surface area (Å²) in [5, 5.41) is 0.